The van der Waals surface area contributed by atoms with E-state index < -0.39 is 41.3 Å². The number of likely N-dealkylation sites (tertiary alicyclic amines) is 1. The molecule has 3 amide bonds. The van der Waals surface area contributed by atoms with E-state index in [0.717, 1.165) is 17.0 Å². The molecule has 14 heteroatoms. The van der Waals surface area contributed by atoms with Gasteiger partial charge in [-0.1, -0.05) is 12.6 Å². The quantitative estimate of drug-likeness (QED) is 0.323. The summed E-state index contributed by atoms with van der Waals surface area (Å²) in [7, 11) is 1.45. The number of para-hydroxylation sites is 1. The lowest BCUT2D eigenvalue weighted by Crippen LogP contribution is -2.52. The number of aromatic nitrogens is 3. The van der Waals surface area contributed by atoms with E-state index in [2.05, 4.69) is 16.5 Å². The number of hydrogen-bond donors (Lipinski definition) is 0. The van der Waals surface area contributed by atoms with Crippen LogP contribution in [0.15, 0.2) is 55.5 Å². The molecule has 0 spiro atoms. The number of halogens is 4. The maximum Gasteiger partial charge on any atom is 0.416 e. The van der Waals surface area contributed by atoms with Gasteiger partial charge in [0.25, 0.3) is 0 Å². The lowest BCUT2D eigenvalue weighted by atomic mass is 9.95. The monoisotopic (exact) mass is 611 g/mol. The summed E-state index contributed by atoms with van der Waals surface area (Å²) in [5.41, 5.74) is 0.0662. The lowest BCUT2D eigenvalue weighted by Gasteiger charge is -2.39. The fourth-order valence-electron chi connectivity index (χ4n) is 6.22. The standard InChI is InChI=1S/C30H29F4N7O3/c1-4-25(42)38-14-21(15-38)40-13-20(35-16-40)12-39-11-18-9-26(43)41(24-10-19(30(32,33)34)8-17(2)36-24)27(18)29(44)37(3)23-7-5-6-22(31)28(23)39/h4-8,10,13,16,18,21,27H,1,9,11-12,14-15H2,2-3H3/t18-,27+/m1/s1. The maximum atomic E-state index is 15.5. The molecule has 10 nitrogen and oxygen atoms in total. The highest BCUT2D eigenvalue weighted by Gasteiger charge is 2.49. The second kappa shape index (κ2) is 10.8. The molecule has 2 saturated heterocycles. The van der Waals surface area contributed by atoms with Crippen LogP contribution in [0.4, 0.5) is 34.8 Å². The Morgan fingerprint density at radius 1 is 1.16 bits per heavy atom. The highest BCUT2D eigenvalue weighted by molar-refractivity contribution is 6.10. The van der Waals surface area contributed by atoms with Crippen molar-refractivity contribution in [2.75, 3.05) is 41.4 Å². The van der Waals surface area contributed by atoms with E-state index in [9.17, 15) is 27.6 Å². The number of alkyl halides is 3. The third-order valence-electron chi connectivity index (χ3n) is 8.40. The lowest BCUT2D eigenvalue weighted by molar-refractivity contribution is -0.137. The topological polar surface area (TPSA) is 94.9 Å². The van der Waals surface area contributed by atoms with Crippen LogP contribution < -0.4 is 14.7 Å². The molecule has 6 rings (SSSR count). The van der Waals surface area contributed by atoms with Crippen molar-refractivity contribution in [3.05, 3.63) is 78.3 Å². The fourth-order valence-corrected chi connectivity index (χ4v) is 6.22. The van der Waals surface area contributed by atoms with Crippen molar-refractivity contribution in [3.8, 4) is 0 Å². The summed E-state index contributed by atoms with van der Waals surface area (Å²) >= 11 is 0. The van der Waals surface area contributed by atoms with E-state index >= 15 is 4.39 Å². The van der Waals surface area contributed by atoms with Crippen LogP contribution >= 0.6 is 0 Å². The minimum atomic E-state index is -4.68. The molecule has 3 aliphatic heterocycles. The number of rotatable bonds is 5. The average molecular weight is 612 g/mol. The molecular weight excluding hydrogens is 582 g/mol. The molecule has 0 N–H and O–H groups in total. The number of imidazole rings is 1. The van der Waals surface area contributed by atoms with Gasteiger partial charge in [0.1, 0.15) is 17.7 Å². The zero-order valence-electron chi connectivity index (χ0n) is 24.0. The molecule has 44 heavy (non-hydrogen) atoms. The van der Waals surface area contributed by atoms with Crippen LogP contribution in [0.1, 0.15) is 29.4 Å². The summed E-state index contributed by atoms with van der Waals surface area (Å²) < 4.78 is 58.4. The molecule has 2 fully saturated rings. The molecule has 0 radical (unpaired) electrons. The van der Waals surface area contributed by atoms with Crippen LogP contribution in [0.2, 0.25) is 0 Å². The molecule has 1 aromatic carbocycles. The number of nitrogens with zero attached hydrogens (tertiary/aromatic N) is 7. The first-order valence-electron chi connectivity index (χ1n) is 14.0. The summed E-state index contributed by atoms with van der Waals surface area (Å²) in [4.78, 5) is 53.5. The summed E-state index contributed by atoms with van der Waals surface area (Å²) in [5, 5.41) is 0. The fraction of sp³-hybridized carbons (Fsp3) is 0.367. The predicted molar refractivity (Wildman–Crippen MR) is 152 cm³/mol. The molecule has 3 aromatic rings. The second-order valence-electron chi connectivity index (χ2n) is 11.3. The van der Waals surface area contributed by atoms with Gasteiger partial charge in [0, 0.05) is 50.9 Å². The molecule has 2 atom stereocenters. The second-order valence-corrected chi connectivity index (χ2v) is 11.3. The molecule has 0 aliphatic carbocycles. The largest absolute Gasteiger partial charge is 0.416 e. The first-order valence-corrected chi connectivity index (χ1v) is 14.0. The summed E-state index contributed by atoms with van der Waals surface area (Å²) in [6, 6.07) is 4.84. The van der Waals surface area contributed by atoms with Gasteiger partial charge >= 0.3 is 6.18 Å². The molecule has 2 aromatic heterocycles. The van der Waals surface area contributed by atoms with Gasteiger partial charge < -0.3 is 19.3 Å². The van der Waals surface area contributed by atoms with Crippen LogP contribution in [0.3, 0.4) is 0 Å². The Morgan fingerprint density at radius 3 is 2.61 bits per heavy atom. The van der Waals surface area contributed by atoms with E-state index in [1.807, 2.05) is 10.8 Å². The molecule has 3 aliphatic rings. The third kappa shape index (κ3) is 5.07. The first-order chi connectivity index (χ1) is 20.8. The van der Waals surface area contributed by atoms with Crippen LogP contribution in [-0.2, 0) is 27.1 Å². The molecular formula is C30H29F4N7O3. The highest BCUT2D eigenvalue weighted by Crippen LogP contribution is 2.41. The number of likely N-dealkylation sites (N-methyl/N-ethyl adjacent to an activating group) is 1. The predicted octanol–water partition coefficient (Wildman–Crippen LogP) is 3.72. The zero-order chi connectivity index (χ0) is 31.5. The van der Waals surface area contributed by atoms with Crippen molar-refractivity contribution in [1.82, 2.24) is 19.4 Å². The Balaban J connectivity index is 1.34. The van der Waals surface area contributed by atoms with Crippen molar-refractivity contribution in [3.63, 3.8) is 0 Å². The number of hydrogen-bond acceptors (Lipinski definition) is 6. The number of benzene rings is 1. The number of fused-ring (bicyclic) bond motifs is 2. The van der Waals surface area contributed by atoms with Crippen molar-refractivity contribution >= 4 is 34.9 Å². The summed E-state index contributed by atoms with van der Waals surface area (Å²) in [5.74, 6) is -2.78. The summed E-state index contributed by atoms with van der Waals surface area (Å²) in [6.07, 6.45) is -0.110. The third-order valence-corrected chi connectivity index (χ3v) is 8.40. The minimum Gasteiger partial charge on any atom is -0.361 e. The smallest absolute Gasteiger partial charge is 0.361 e. The number of amides is 3. The van der Waals surface area contributed by atoms with Crippen LogP contribution in [0.5, 0.6) is 0 Å². The Hall–Kier alpha value is -4.75. The van der Waals surface area contributed by atoms with Gasteiger partial charge in [-0.3, -0.25) is 19.3 Å². The van der Waals surface area contributed by atoms with Gasteiger partial charge in [0.15, 0.2) is 0 Å². The van der Waals surface area contributed by atoms with E-state index in [1.54, 1.807) is 22.2 Å². The van der Waals surface area contributed by atoms with Gasteiger partial charge in [0.2, 0.25) is 17.7 Å². The number of aryl methyl sites for hydroxylation is 1. The number of pyridine rings is 1. The number of carbonyl (C=O) groups excluding carboxylic acids is 3. The normalized spacial score (nSPS) is 20.7. The van der Waals surface area contributed by atoms with Crippen molar-refractivity contribution in [1.29, 1.82) is 0 Å². The van der Waals surface area contributed by atoms with E-state index in [0.29, 0.717) is 18.8 Å². The van der Waals surface area contributed by atoms with Gasteiger partial charge in [-0.25, -0.2) is 14.4 Å². The Labute approximate surface area is 250 Å². The van der Waals surface area contributed by atoms with Crippen molar-refractivity contribution in [2.24, 2.45) is 5.92 Å². The number of carbonyl (C=O) groups is 3. The SMILES string of the molecule is C=CC(=O)N1CC(n2cnc(CN3C[C@H]4CC(=O)N(c5cc(C(F)(F)F)cc(C)n5)[C@@H]4C(=O)N(C)c4cccc(F)c43)c2)C1. The van der Waals surface area contributed by atoms with Crippen LogP contribution in [0.25, 0.3) is 0 Å². The minimum absolute atomic E-state index is 0.0223. The molecule has 0 saturated carbocycles. The highest BCUT2D eigenvalue weighted by atomic mass is 19.4. The number of anilines is 3. The maximum absolute atomic E-state index is 15.5. The van der Waals surface area contributed by atoms with Gasteiger partial charge in [-0.05, 0) is 37.3 Å². The van der Waals surface area contributed by atoms with Crippen molar-refractivity contribution in [2.45, 2.75) is 38.1 Å². The molecule has 0 bridgehead atoms. The molecule has 230 valence electrons. The first kappa shape index (κ1) is 29.3. The van der Waals surface area contributed by atoms with Crippen LogP contribution in [0, 0.1) is 18.7 Å². The van der Waals surface area contributed by atoms with Gasteiger partial charge in [0.05, 0.1) is 41.5 Å². The van der Waals surface area contributed by atoms with Gasteiger partial charge in [-0.2, -0.15) is 13.2 Å². The van der Waals surface area contributed by atoms with Crippen LogP contribution in [-0.4, -0.2) is 69.9 Å². The van der Waals surface area contributed by atoms with Crippen molar-refractivity contribution < 1.29 is 31.9 Å². The molecule has 5 heterocycles. The molecule has 0 unspecified atom stereocenters. The van der Waals surface area contributed by atoms with E-state index in [-0.39, 0.29) is 54.3 Å². The average Bonchev–Trinajstić information content (AvgIpc) is 3.52. The van der Waals surface area contributed by atoms with Gasteiger partial charge in [-0.15, -0.1) is 0 Å². The van der Waals surface area contributed by atoms with E-state index in [4.69, 9.17) is 0 Å². The van der Waals surface area contributed by atoms with E-state index in [1.165, 1.54) is 37.1 Å². The summed E-state index contributed by atoms with van der Waals surface area (Å²) in [6.45, 7) is 6.07. The zero-order valence-corrected chi connectivity index (χ0v) is 24.0. The Bertz CT molecular complexity index is 1670. The Morgan fingerprint density at radius 2 is 1.91 bits per heavy atom. The Kier molecular flexibility index (Phi) is 7.17.